The van der Waals surface area contributed by atoms with Crippen molar-refractivity contribution in [1.29, 1.82) is 0 Å². The third-order valence-corrected chi connectivity index (χ3v) is 2.65. The number of halogens is 1. The van der Waals surface area contributed by atoms with Crippen molar-refractivity contribution in [2.75, 3.05) is 19.8 Å². The van der Waals surface area contributed by atoms with E-state index < -0.39 is 0 Å². The van der Waals surface area contributed by atoms with E-state index in [4.69, 9.17) is 4.74 Å². The smallest absolute Gasteiger partial charge is 0.251 e. The second-order valence-electron chi connectivity index (χ2n) is 4.17. The molecular formula is C13H17BrN2O3. The Morgan fingerprint density at radius 3 is 2.95 bits per heavy atom. The summed E-state index contributed by atoms with van der Waals surface area (Å²) in [4.78, 5) is 23.1. The van der Waals surface area contributed by atoms with Gasteiger partial charge in [0.2, 0.25) is 5.91 Å². The number of aromatic nitrogens is 1. The first kappa shape index (κ1) is 15.7. The highest BCUT2D eigenvalue weighted by molar-refractivity contribution is 9.10. The number of carbonyl (C=O) groups is 1. The van der Waals surface area contributed by atoms with Gasteiger partial charge in [-0.3, -0.25) is 9.59 Å². The van der Waals surface area contributed by atoms with Crippen LogP contribution in [-0.4, -0.2) is 30.2 Å². The number of nitrogens with zero attached hydrogens (tertiary/aromatic N) is 1. The molecule has 0 aromatic carbocycles. The molecule has 1 N–H and O–H groups in total. The molecule has 1 rings (SSSR count). The Bertz CT molecular complexity index is 511. The molecule has 0 atom stereocenters. The number of amides is 1. The first-order chi connectivity index (χ1) is 8.99. The molecule has 0 aliphatic carbocycles. The third kappa shape index (κ3) is 6.35. The van der Waals surface area contributed by atoms with Crippen molar-refractivity contribution in [3.05, 3.63) is 45.3 Å². The van der Waals surface area contributed by atoms with Crippen LogP contribution >= 0.6 is 15.9 Å². The summed E-state index contributed by atoms with van der Waals surface area (Å²) in [6.45, 7) is 6.90. The van der Waals surface area contributed by atoms with Gasteiger partial charge in [-0.2, -0.15) is 0 Å². The second-order valence-corrected chi connectivity index (χ2v) is 5.09. The van der Waals surface area contributed by atoms with Crippen LogP contribution < -0.4 is 10.9 Å². The van der Waals surface area contributed by atoms with Crippen molar-refractivity contribution in [2.45, 2.75) is 13.5 Å². The highest BCUT2D eigenvalue weighted by Gasteiger charge is 2.04. The molecule has 5 nitrogen and oxygen atoms in total. The fraction of sp³-hybridized carbons (Fsp3) is 0.385. The fourth-order valence-electron chi connectivity index (χ4n) is 1.35. The average Bonchev–Trinajstić information content (AvgIpc) is 2.33. The van der Waals surface area contributed by atoms with Crippen LogP contribution in [0.25, 0.3) is 0 Å². The average molecular weight is 329 g/mol. The Labute approximate surface area is 120 Å². The molecule has 1 amide bonds. The molecule has 0 bridgehead atoms. The lowest BCUT2D eigenvalue weighted by molar-refractivity contribution is -0.121. The predicted octanol–water partition coefficient (Wildman–Crippen LogP) is 1.32. The van der Waals surface area contributed by atoms with Gasteiger partial charge in [0.05, 0.1) is 13.2 Å². The molecule has 6 heteroatoms. The minimum absolute atomic E-state index is 0.00123. The van der Waals surface area contributed by atoms with E-state index in [2.05, 4.69) is 27.8 Å². The van der Waals surface area contributed by atoms with Gasteiger partial charge in [-0.15, -0.1) is 0 Å². The van der Waals surface area contributed by atoms with Crippen LogP contribution in [0.1, 0.15) is 6.92 Å². The van der Waals surface area contributed by atoms with E-state index in [-0.39, 0.29) is 18.0 Å². The Morgan fingerprint density at radius 1 is 1.53 bits per heavy atom. The number of carbonyl (C=O) groups excluding carboxylic acids is 1. The Hall–Kier alpha value is -1.40. The highest BCUT2D eigenvalue weighted by atomic mass is 79.9. The fourth-order valence-corrected chi connectivity index (χ4v) is 1.72. The van der Waals surface area contributed by atoms with Gasteiger partial charge in [-0.05, 0) is 28.9 Å². The summed E-state index contributed by atoms with van der Waals surface area (Å²) in [5.74, 6) is -0.223. The van der Waals surface area contributed by atoms with Crippen LogP contribution in [0.2, 0.25) is 0 Å². The number of hydrogen-bond acceptors (Lipinski definition) is 3. The lowest BCUT2D eigenvalue weighted by Crippen LogP contribution is -2.33. The number of rotatable bonds is 7. The van der Waals surface area contributed by atoms with Crippen molar-refractivity contribution < 1.29 is 9.53 Å². The van der Waals surface area contributed by atoms with E-state index in [1.807, 2.05) is 6.92 Å². The van der Waals surface area contributed by atoms with E-state index in [0.717, 1.165) is 10.0 Å². The number of nitrogens with one attached hydrogen (secondary N) is 1. The molecule has 0 unspecified atom stereocenters. The molecule has 0 radical (unpaired) electrons. The quantitative estimate of drug-likeness (QED) is 0.606. The molecule has 0 fully saturated rings. The van der Waals surface area contributed by atoms with E-state index in [9.17, 15) is 9.59 Å². The molecule has 1 aromatic heterocycles. The summed E-state index contributed by atoms with van der Waals surface area (Å²) in [7, 11) is 0. The molecule has 1 aromatic rings. The maximum Gasteiger partial charge on any atom is 0.251 e. The van der Waals surface area contributed by atoms with Crippen molar-refractivity contribution in [1.82, 2.24) is 9.88 Å². The van der Waals surface area contributed by atoms with Crippen LogP contribution in [0.3, 0.4) is 0 Å². The summed E-state index contributed by atoms with van der Waals surface area (Å²) < 4.78 is 7.34. The minimum atomic E-state index is -0.223. The zero-order valence-electron chi connectivity index (χ0n) is 10.8. The van der Waals surface area contributed by atoms with Gasteiger partial charge in [0.15, 0.2) is 0 Å². The SMILES string of the molecule is C=C(C)COCCNC(=O)Cn1cc(Br)ccc1=O. The summed E-state index contributed by atoms with van der Waals surface area (Å²) in [5, 5.41) is 2.68. The van der Waals surface area contributed by atoms with Gasteiger partial charge in [0.25, 0.3) is 5.56 Å². The largest absolute Gasteiger partial charge is 0.375 e. The molecule has 0 aliphatic heterocycles. The van der Waals surface area contributed by atoms with Crippen LogP contribution in [0.4, 0.5) is 0 Å². The minimum Gasteiger partial charge on any atom is -0.375 e. The molecule has 0 saturated heterocycles. The van der Waals surface area contributed by atoms with Gasteiger partial charge in [0, 0.05) is 23.3 Å². The molecule has 1 heterocycles. The molecule has 0 aliphatic rings. The number of pyridine rings is 1. The zero-order valence-corrected chi connectivity index (χ0v) is 12.4. The van der Waals surface area contributed by atoms with Crippen molar-refractivity contribution in [2.24, 2.45) is 0 Å². The lowest BCUT2D eigenvalue weighted by atomic mass is 10.4. The van der Waals surface area contributed by atoms with Gasteiger partial charge in [-0.25, -0.2) is 0 Å². The van der Waals surface area contributed by atoms with Crippen LogP contribution in [0.5, 0.6) is 0 Å². The molecule has 0 saturated carbocycles. The summed E-state index contributed by atoms with van der Waals surface area (Å²) >= 11 is 3.25. The van der Waals surface area contributed by atoms with Gasteiger partial charge >= 0.3 is 0 Å². The standard InChI is InChI=1S/C13H17BrN2O3/c1-10(2)9-19-6-5-15-12(17)8-16-7-11(14)3-4-13(16)18/h3-4,7H,1,5-6,8-9H2,2H3,(H,15,17). The lowest BCUT2D eigenvalue weighted by Gasteiger charge is -2.08. The van der Waals surface area contributed by atoms with E-state index >= 15 is 0 Å². The third-order valence-electron chi connectivity index (χ3n) is 2.18. The van der Waals surface area contributed by atoms with Crippen molar-refractivity contribution in [3.8, 4) is 0 Å². The first-order valence-electron chi connectivity index (χ1n) is 5.84. The van der Waals surface area contributed by atoms with E-state index in [1.165, 1.54) is 10.6 Å². The molecule has 19 heavy (non-hydrogen) atoms. The Morgan fingerprint density at radius 2 is 2.26 bits per heavy atom. The summed E-state index contributed by atoms with van der Waals surface area (Å²) in [6, 6.07) is 3.05. The monoisotopic (exact) mass is 328 g/mol. The van der Waals surface area contributed by atoms with Crippen LogP contribution in [0, 0.1) is 0 Å². The predicted molar refractivity (Wildman–Crippen MR) is 77.0 cm³/mol. The normalized spacial score (nSPS) is 10.2. The molecule has 104 valence electrons. The van der Waals surface area contributed by atoms with Crippen LogP contribution in [-0.2, 0) is 16.1 Å². The summed E-state index contributed by atoms with van der Waals surface area (Å²) in [6.07, 6.45) is 1.58. The molecule has 0 spiro atoms. The Balaban J connectivity index is 2.33. The van der Waals surface area contributed by atoms with Gasteiger partial charge in [0.1, 0.15) is 6.54 Å². The van der Waals surface area contributed by atoms with E-state index in [1.54, 1.807) is 12.3 Å². The molecular weight excluding hydrogens is 312 g/mol. The van der Waals surface area contributed by atoms with Crippen molar-refractivity contribution >= 4 is 21.8 Å². The zero-order chi connectivity index (χ0) is 14.3. The van der Waals surface area contributed by atoms with Crippen LogP contribution in [0.15, 0.2) is 39.7 Å². The Kier molecular flexibility index (Phi) is 6.52. The van der Waals surface area contributed by atoms with E-state index in [0.29, 0.717) is 19.8 Å². The number of ether oxygens (including phenoxy) is 1. The van der Waals surface area contributed by atoms with Gasteiger partial charge < -0.3 is 14.6 Å². The van der Waals surface area contributed by atoms with Crippen molar-refractivity contribution in [3.63, 3.8) is 0 Å². The first-order valence-corrected chi connectivity index (χ1v) is 6.63. The summed E-state index contributed by atoms with van der Waals surface area (Å²) in [5.41, 5.74) is 0.726. The highest BCUT2D eigenvalue weighted by Crippen LogP contribution is 2.04. The number of hydrogen-bond donors (Lipinski definition) is 1. The van der Waals surface area contributed by atoms with Gasteiger partial charge in [-0.1, -0.05) is 12.2 Å². The maximum atomic E-state index is 11.6. The second kappa shape index (κ2) is 7.91. The maximum absolute atomic E-state index is 11.6. The topological polar surface area (TPSA) is 60.3 Å².